The molecule has 0 aromatic heterocycles. The lowest BCUT2D eigenvalue weighted by molar-refractivity contribution is 0.0169. The molecular weight excluding hydrogens is 164 g/mol. The van der Waals surface area contributed by atoms with Gasteiger partial charge in [0.2, 0.25) is 10.0 Å². The van der Waals surface area contributed by atoms with E-state index in [9.17, 15) is 8.42 Å². The average molecular weight is 176 g/mol. The lowest BCUT2D eigenvalue weighted by atomic mass is 9.76. The summed E-state index contributed by atoms with van der Waals surface area (Å²) in [6.45, 7) is 3.41. The molecule has 64 valence electrons. The highest BCUT2D eigenvalue weighted by Gasteiger charge is 2.50. The van der Waals surface area contributed by atoms with Crippen molar-refractivity contribution in [1.29, 1.82) is 0 Å². The molecule has 0 amide bonds. The number of nitrogens with one attached hydrogen (secondary N) is 1. The molecule has 5 heteroatoms. The Balaban J connectivity index is 1.98. The molecule has 0 aromatic carbocycles. The van der Waals surface area contributed by atoms with Crippen LogP contribution in [-0.2, 0) is 10.0 Å². The molecule has 0 unspecified atom stereocenters. The first-order chi connectivity index (χ1) is 5.02. The van der Waals surface area contributed by atoms with Gasteiger partial charge >= 0.3 is 0 Å². The highest BCUT2D eigenvalue weighted by Crippen LogP contribution is 2.35. The van der Waals surface area contributed by atoms with Crippen LogP contribution in [0.2, 0.25) is 0 Å². The van der Waals surface area contributed by atoms with Crippen LogP contribution in [0.3, 0.4) is 0 Å². The molecule has 2 rings (SSSR count). The topological polar surface area (TPSA) is 49.4 Å². The van der Waals surface area contributed by atoms with Crippen LogP contribution in [0.25, 0.3) is 0 Å². The Morgan fingerprint density at radius 2 is 1.91 bits per heavy atom. The van der Waals surface area contributed by atoms with E-state index in [2.05, 4.69) is 5.32 Å². The lowest BCUT2D eigenvalue weighted by Gasteiger charge is -2.54. The first-order valence-corrected chi connectivity index (χ1v) is 5.53. The van der Waals surface area contributed by atoms with Crippen LogP contribution in [0.5, 0.6) is 0 Å². The third-order valence-corrected chi connectivity index (χ3v) is 3.69. The highest BCUT2D eigenvalue weighted by molar-refractivity contribution is 7.88. The van der Waals surface area contributed by atoms with Crippen molar-refractivity contribution < 1.29 is 8.42 Å². The Kier molecular flexibility index (Phi) is 1.34. The van der Waals surface area contributed by atoms with Gasteiger partial charge in [-0.05, 0) is 0 Å². The van der Waals surface area contributed by atoms with Crippen molar-refractivity contribution >= 4 is 10.0 Å². The number of nitrogens with zero attached hydrogens (tertiary/aromatic N) is 1. The second kappa shape index (κ2) is 1.97. The maximum absolute atomic E-state index is 10.9. The molecule has 0 radical (unpaired) electrons. The van der Waals surface area contributed by atoms with Crippen molar-refractivity contribution in [2.75, 3.05) is 32.4 Å². The van der Waals surface area contributed by atoms with Crippen molar-refractivity contribution in [3.63, 3.8) is 0 Å². The standard InChI is InChI=1S/C6H12N2O2S/c1-11(9,10)8-4-6(5-8)2-7-3-6/h7H,2-5H2,1H3. The first kappa shape index (κ1) is 7.52. The summed E-state index contributed by atoms with van der Waals surface area (Å²) in [6.07, 6.45) is 1.27. The number of hydrogen-bond donors (Lipinski definition) is 1. The molecule has 0 atom stereocenters. The quantitative estimate of drug-likeness (QED) is 0.549. The molecule has 0 saturated carbocycles. The Morgan fingerprint density at radius 1 is 1.36 bits per heavy atom. The lowest BCUT2D eigenvalue weighted by Crippen LogP contribution is -2.71. The van der Waals surface area contributed by atoms with Gasteiger partial charge in [0.1, 0.15) is 0 Å². The summed E-state index contributed by atoms with van der Waals surface area (Å²) in [4.78, 5) is 0. The van der Waals surface area contributed by atoms with Crippen LogP contribution in [0.15, 0.2) is 0 Å². The SMILES string of the molecule is CS(=O)(=O)N1CC2(CNC2)C1. The van der Waals surface area contributed by atoms with Crippen LogP contribution in [0.4, 0.5) is 0 Å². The maximum Gasteiger partial charge on any atom is 0.211 e. The van der Waals surface area contributed by atoms with Crippen LogP contribution in [0.1, 0.15) is 0 Å². The molecule has 2 fully saturated rings. The summed E-state index contributed by atoms with van der Waals surface area (Å²) < 4.78 is 23.4. The van der Waals surface area contributed by atoms with E-state index >= 15 is 0 Å². The van der Waals surface area contributed by atoms with Crippen molar-refractivity contribution in [2.24, 2.45) is 5.41 Å². The second-order valence-electron chi connectivity index (χ2n) is 3.63. The summed E-state index contributed by atoms with van der Waals surface area (Å²) in [5, 5.41) is 3.15. The van der Waals surface area contributed by atoms with Crippen molar-refractivity contribution in [2.45, 2.75) is 0 Å². The predicted octanol–water partition coefficient (Wildman–Crippen LogP) is -1.15. The zero-order valence-electron chi connectivity index (χ0n) is 6.50. The zero-order valence-corrected chi connectivity index (χ0v) is 7.32. The second-order valence-corrected chi connectivity index (χ2v) is 5.62. The van der Waals surface area contributed by atoms with Crippen molar-refractivity contribution in [3.8, 4) is 0 Å². The van der Waals surface area contributed by atoms with Gasteiger partial charge in [-0.1, -0.05) is 0 Å². The first-order valence-electron chi connectivity index (χ1n) is 3.68. The van der Waals surface area contributed by atoms with E-state index in [-0.39, 0.29) is 0 Å². The normalized spacial score (nSPS) is 29.5. The summed E-state index contributed by atoms with van der Waals surface area (Å²) in [6, 6.07) is 0. The minimum absolute atomic E-state index is 0.309. The molecule has 1 spiro atoms. The van der Waals surface area contributed by atoms with Gasteiger partial charge in [0.25, 0.3) is 0 Å². The summed E-state index contributed by atoms with van der Waals surface area (Å²) >= 11 is 0. The molecule has 1 N–H and O–H groups in total. The van der Waals surface area contributed by atoms with E-state index in [0.717, 1.165) is 26.2 Å². The maximum atomic E-state index is 10.9. The van der Waals surface area contributed by atoms with E-state index in [0.29, 0.717) is 5.41 Å². The Bertz CT molecular complexity index is 260. The van der Waals surface area contributed by atoms with Gasteiger partial charge in [0.05, 0.1) is 6.26 Å². The van der Waals surface area contributed by atoms with E-state index < -0.39 is 10.0 Å². The minimum Gasteiger partial charge on any atom is -0.315 e. The number of rotatable bonds is 1. The monoisotopic (exact) mass is 176 g/mol. The zero-order chi connectivity index (χ0) is 8.11. The summed E-state index contributed by atoms with van der Waals surface area (Å²) in [7, 11) is -2.91. The van der Waals surface area contributed by atoms with Gasteiger partial charge in [-0.3, -0.25) is 0 Å². The van der Waals surface area contributed by atoms with E-state index in [1.165, 1.54) is 10.6 Å². The molecule has 0 aliphatic carbocycles. The largest absolute Gasteiger partial charge is 0.315 e. The van der Waals surface area contributed by atoms with Crippen LogP contribution in [-0.4, -0.2) is 45.2 Å². The molecule has 0 bridgehead atoms. The average Bonchev–Trinajstić information content (AvgIpc) is 1.49. The van der Waals surface area contributed by atoms with Crippen molar-refractivity contribution in [3.05, 3.63) is 0 Å². The van der Waals surface area contributed by atoms with Gasteiger partial charge in [-0.15, -0.1) is 0 Å². The highest BCUT2D eigenvalue weighted by atomic mass is 32.2. The smallest absolute Gasteiger partial charge is 0.211 e. The molecule has 2 saturated heterocycles. The van der Waals surface area contributed by atoms with Gasteiger partial charge in [0.15, 0.2) is 0 Å². The van der Waals surface area contributed by atoms with Crippen LogP contribution < -0.4 is 5.32 Å². The predicted molar refractivity (Wildman–Crippen MR) is 41.7 cm³/mol. The summed E-state index contributed by atoms with van der Waals surface area (Å²) in [5.74, 6) is 0. The van der Waals surface area contributed by atoms with Crippen LogP contribution in [0, 0.1) is 5.41 Å². The van der Waals surface area contributed by atoms with Gasteiger partial charge in [-0.2, -0.15) is 0 Å². The van der Waals surface area contributed by atoms with E-state index in [4.69, 9.17) is 0 Å². The third-order valence-electron chi connectivity index (χ3n) is 2.49. The summed E-state index contributed by atoms with van der Waals surface area (Å²) in [5.41, 5.74) is 0.309. The van der Waals surface area contributed by atoms with Gasteiger partial charge in [0, 0.05) is 31.6 Å². The fourth-order valence-corrected chi connectivity index (χ4v) is 2.66. The van der Waals surface area contributed by atoms with Crippen molar-refractivity contribution in [1.82, 2.24) is 9.62 Å². The van der Waals surface area contributed by atoms with Gasteiger partial charge in [-0.25, -0.2) is 12.7 Å². The fraction of sp³-hybridized carbons (Fsp3) is 1.00. The molecule has 2 heterocycles. The Hall–Kier alpha value is -0.130. The Morgan fingerprint density at radius 3 is 2.18 bits per heavy atom. The van der Waals surface area contributed by atoms with Crippen LogP contribution >= 0.6 is 0 Å². The third kappa shape index (κ3) is 1.07. The Labute approximate surface area is 66.6 Å². The molecule has 2 aliphatic rings. The fourth-order valence-electron chi connectivity index (χ4n) is 1.64. The van der Waals surface area contributed by atoms with Gasteiger partial charge < -0.3 is 5.32 Å². The number of sulfonamides is 1. The van der Waals surface area contributed by atoms with E-state index in [1.807, 2.05) is 0 Å². The molecule has 2 aliphatic heterocycles. The molecular formula is C6H12N2O2S. The van der Waals surface area contributed by atoms with E-state index in [1.54, 1.807) is 0 Å². The molecule has 11 heavy (non-hydrogen) atoms. The molecule has 4 nitrogen and oxygen atoms in total. The molecule has 0 aromatic rings. The number of hydrogen-bond acceptors (Lipinski definition) is 3. The minimum atomic E-state index is -2.91.